The smallest absolute Gasteiger partial charge is 0.255 e. The molecular formula is C31H26F2N6O2. The van der Waals surface area contributed by atoms with E-state index in [4.69, 9.17) is 0 Å². The van der Waals surface area contributed by atoms with Crippen molar-refractivity contribution < 1.29 is 18.4 Å². The molecule has 1 aliphatic rings. The maximum absolute atomic E-state index is 16.3. The molecule has 0 aliphatic heterocycles. The van der Waals surface area contributed by atoms with Crippen LogP contribution in [0.4, 0.5) is 8.78 Å². The van der Waals surface area contributed by atoms with Gasteiger partial charge in [-0.1, -0.05) is 18.2 Å². The van der Waals surface area contributed by atoms with E-state index in [1.807, 2.05) is 19.1 Å². The van der Waals surface area contributed by atoms with Crippen molar-refractivity contribution in [1.29, 1.82) is 0 Å². The number of amides is 2. The van der Waals surface area contributed by atoms with Gasteiger partial charge in [0.25, 0.3) is 5.91 Å². The molecule has 0 spiro atoms. The first-order chi connectivity index (χ1) is 19.8. The molecule has 0 unspecified atom stereocenters. The lowest BCUT2D eigenvalue weighted by molar-refractivity contribution is -0.121. The molecule has 10 heteroatoms. The van der Waals surface area contributed by atoms with Crippen molar-refractivity contribution in [1.82, 2.24) is 30.2 Å². The Hall–Kier alpha value is -4.99. The van der Waals surface area contributed by atoms with E-state index in [9.17, 15) is 14.0 Å². The second-order valence-corrected chi connectivity index (χ2v) is 10.2. The molecule has 1 fully saturated rings. The predicted molar refractivity (Wildman–Crippen MR) is 149 cm³/mol. The lowest BCUT2D eigenvalue weighted by Crippen LogP contribution is -2.37. The Bertz CT molecular complexity index is 1800. The average Bonchev–Trinajstić information content (AvgIpc) is 3.65. The van der Waals surface area contributed by atoms with E-state index in [-0.39, 0.29) is 34.7 Å². The predicted octanol–water partition coefficient (Wildman–Crippen LogP) is 4.75. The molecule has 41 heavy (non-hydrogen) atoms. The van der Waals surface area contributed by atoms with Crippen LogP contribution in [0.5, 0.6) is 0 Å². The molecule has 1 aliphatic carbocycles. The SMILES string of the molecule is CNC(=O)c1c(-c2ccc(F)cc2)nn2ccc(-c3cc(CC(=O)NC4(c5ncccn5)CC4)ccc3C)c(F)c12. The molecule has 1 saturated carbocycles. The Balaban J connectivity index is 1.36. The number of fused-ring (bicyclic) bond motifs is 1. The highest BCUT2D eigenvalue weighted by Gasteiger charge is 2.48. The number of nitrogens with zero attached hydrogens (tertiary/aromatic N) is 4. The fraction of sp³-hybridized carbons (Fsp3) is 0.194. The van der Waals surface area contributed by atoms with Gasteiger partial charge in [-0.25, -0.2) is 23.3 Å². The van der Waals surface area contributed by atoms with E-state index in [0.717, 1.165) is 18.4 Å². The summed E-state index contributed by atoms with van der Waals surface area (Å²) in [7, 11) is 1.45. The zero-order chi connectivity index (χ0) is 28.7. The standard InChI is InChI=1S/C31H26F2N6O2/c1-18-4-5-19(17-24(40)37-31(11-12-31)30-35-13-3-14-36-30)16-23(18)22-10-15-39-28(26(22)33)25(29(41)34-2)27(38-39)20-6-8-21(32)9-7-20/h3-10,13-16H,11-12,17H2,1-2H3,(H,34,41)(H,37,40). The minimum atomic E-state index is -0.630. The van der Waals surface area contributed by atoms with Crippen molar-refractivity contribution in [2.45, 2.75) is 31.7 Å². The van der Waals surface area contributed by atoms with Gasteiger partial charge in [-0.15, -0.1) is 0 Å². The summed E-state index contributed by atoms with van der Waals surface area (Å²) in [5.41, 5.74) is 2.59. The lowest BCUT2D eigenvalue weighted by atomic mass is 9.96. The Kier molecular flexibility index (Phi) is 6.53. The van der Waals surface area contributed by atoms with Gasteiger partial charge in [0.15, 0.2) is 11.6 Å². The first-order valence-corrected chi connectivity index (χ1v) is 13.2. The first kappa shape index (κ1) is 26.2. The molecule has 5 aromatic rings. The molecule has 0 atom stereocenters. The molecule has 8 nitrogen and oxygen atoms in total. The van der Waals surface area contributed by atoms with Crippen molar-refractivity contribution in [3.63, 3.8) is 0 Å². The van der Waals surface area contributed by atoms with Gasteiger partial charge in [-0.2, -0.15) is 5.10 Å². The maximum atomic E-state index is 16.3. The third kappa shape index (κ3) is 4.82. The largest absolute Gasteiger partial charge is 0.355 e. The van der Waals surface area contributed by atoms with Crippen LogP contribution in [-0.4, -0.2) is 38.4 Å². The molecule has 2 amide bonds. The summed E-state index contributed by atoms with van der Waals surface area (Å²) in [4.78, 5) is 34.6. The number of pyridine rings is 1. The molecule has 6 rings (SSSR count). The van der Waals surface area contributed by atoms with Crippen LogP contribution < -0.4 is 10.6 Å². The van der Waals surface area contributed by atoms with Gasteiger partial charge in [0.2, 0.25) is 5.91 Å². The highest BCUT2D eigenvalue weighted by atomic mass is 19.1. The van der Waals surface area contributed by atoms with Crippen LogP contribution in [0.15, 0.2) is 73.2 Å². The average molecular weight is 553 g/mol. The highest BCUT2D eigenvalue weighted by Crippen LogP contribution is 2.43. The number of carbonyl (C=O) groups excluding carboxylic acids is 2. The van der Waals surface area contributed by atoms with E-state index < -0.39 is 23.1 Å². The van der Waals surface area contributed by atoms with E-state index >= 15 is 4.39 Å². The molecule has 2 aromatic carbocycles. The van der Waals surface area contributed by atoms with Gasteiger partial charge in [0.05, 0.1) is 17.5 Å². The van der Waals surface area contributed by atoms with Crippen LogP contribution in [-0.2, 0) is 16.8 Å². The third-order valence-electron chi connectivity index (χ3n) is 7.39. The van der Waals surface area contributed by atoms with Crippen LogP contribution in [0.3, 0.4) is 0 Å². The van der Waals surface area contributed by atoms with Crippen LogP contribution in [0.2, 0.25) is 0 Å². The highest BCUT2D eigenvalue weighted by molar-refractivity contribution is 6.07. The van der Waals surface area contributed by atoms with Crippen molar-refractivity contribution in [2.24, 2.45) is 0 Å². The number of nitrogens with one attached hydrogen (secondary N) is 2. The van der Waals surface area contributed by atoms with Crippen LogP contribution in [0.25, 0.3) is 27.9 Å². The summed E-state index contributed by atoms with van der Waals surface area (Å²) in [6.45, 7) is 1.86. The Morgan fingerprint density at radius 2 is 1.73 bits per heavy atom. The zero-order valence-electron chi connectivity index (χ0n) is 22.4. The summed E-state index contributed by atoms with van der Waals surface area (Å²) in [5.74, 6) is -1.16. The normalized spacial score (nSPS) is 13.7. The molecule has 3 heterocycles. The molecule has 3 aromatic heterocycles. The Morgan fingerprint density at radius 3 is 2.41 bits per heavy atom. The van der Waals surface area contributed by atoms with E-state index in [1.165, 1.54) is 35.8 Å². The van der Waals surface area contributed by atoms with Crippen molar-refractivity contribution in [3.05, 3.63) is 107 Å². The van der Waals surface area contributed by atoms with Crippen LogP contribution in [0.1, 0.15) is 40.2 Å². The van der Waals surface area contributed by atoms with Gasteiger partial charge < -0.3 is 10.6 Å². The van der Waals surface area contributed by atoms with Gasteiger partial charge >= 0.3 is 0 Å². The first-order valence-electron chi connectivity index (χ1n) is 13.2. The van der Waals surface area contributed by atoms with E-state index in [0.29, 0.717) is 22.5 Å². The number of aromatic nitrogens is 4. The van der Waals surface area contributed by atoms with Gasteiger partial charge in [0.1, 0.15) is 17.0 Å². The van der Waals surface area contributed by atoms with Gasteiger partial charge in [0, 0.05) is 36.8 Å². The van der Waals surface area contributed by atoms with Gasteiger partial charge in [-0.3, -0.25) is 9.59 Å². The number of hydrogen-bond donors (Lipinski definition) is 2. The van der Waals surface area contributed by atoms with Crippen molar-refractivity contribution >= 4 is 17.3 Å². The summed E-state index contributed by atoms with van der Waals surface area (Å²) in [6.07, 6.45) is 6.53. The second kappa shape index (κ2) is 10.2. The molecular weight excluding hydrogens is 526 g/mol. The molecule has 206 valence electrons. The summed E-state index contributed by atoms with van der Waals surface area (Å²) < 4.78 is 31.2. The minimum absolute atomic E-state index is 0.00209. The van der Waals surface area contributed by atoms with Crippen molar-refractivity contribution in [3.8, 4) is 22.4 Å². The topological polar surface area (TPSA) is 101 Å². The third-order valence-corrected chi connectivity index (χ3v) is 7.39. The number of halogens is 2. The fourth-order valence-corrected chi connectivity index (χ4v) is 5.10. The number of benzene rings is 2. The Labute approximate surface area is 234 Å². The number of carbonyl (C=O) groups is 2. The van der Waals surface area contributed by atoms with Crippen molar-refractivity contribution in [2.75, 3.05) is 7.05 Å². The Morgan fingerprint density at radius 1 is 1.00 bits per heavy atom. The summed E-state index contributed by atoms with van der Waals surface area (Å²) in [5, 5.41) is 10.1. The van der Waals surface area contributed by atoms with Crippen LogP contribution in [0, 0.1) is 18.6 Å². The molecule has 0 radical (unpaired) electrons. The van der Waals surface area contributed by atoms with Gasteiger partial charge in [-0.05, 0) is 72.9 Å². The molecule has 0 saturated heterocycles. The quantitative estimate of drug-likeness (QED) is 0.304. The number of aryl methyl sites for hydroxylation is 1. The minimum Gasteiger partial charge on any atom is -0.355 e. The lowest BCUT2D eigenvalue weighted by Gasteiger charge is -2.16. The number of rotatable bonds is 7. The summed E-state index contributed by atoms with van der Waals surface area (Å²) >= 11 is 0. The monoisotopic (exact) mass is 552 g/mol. The van der Waals surface area contributed by atoms with E-state index in [2.05, 4.69) is 25.7 Å². The second-order valence-electron chi connectivity index (χ2n) is 10.2. The molecule has 0 bridgehead atoms. The summed E-state index contributed by atoms with van der Waals surface area (Å²) in [6, 6.07) is 14.3. The zero-order valence-corrected chi connectivity index (χ0v) is 22.4. The molecule has 2 N–H and O–H groups in total. The number of hydrogen-bond acceptors (Lipinski definition) is 5. The van der Waals surface area contributed by atoms with Crippen LogP contribution >= 0.6 is 0 Å². The fourth-order valence-electron chi connectivity index (χ4n) is 5.10. The van der Waals surface area contributed by atoms with E-state index in [1.54, 1.807) is 36.8 Å². The maximum Gasteiger partial charge on any atom is 0.255 e.